The van der Waals surface area contributed by atoms with Crippen LogP contribution in [0.25, 0.3) is 0 Å². The Morgan fingerprint density at radius 1 is 1.35 bits per heavy atom. The lowest BCUT2D eigenvalue weighted by molar-refractivity contribution is -0.117. The molecule has 0 aliphatic heterocycles. The SMILES string of the molecule is Cc1ccc(S(=O)(=O)N[C@@H](C)C(=O)CCl)cc1. The third-order valence-electron chi connectivity index (χ3n) is 2.28. The standard InChI is InChI=1S/C11H14ClNO3S/c1-8-3-5-10(6-4-8)17(15,16)13-9(2)11(14)7-12/h3-6,9,13H,7H2,1-2H3/t9-/m0/s1. The highest BCUT2D eigenvalue weighted by Gasteiger charge is 2.20. The molecule has 1 aromatic rings. The summed E-state index contributed by atoms with van der Waals surface area (Å²) in [5.74, 6) is -0.570. The number of halogens is 1. The molecule has 0 amide bonds. The third kappa shape index (κ3) is 3.80. The summed E-state index contributed by atoms with van der Waals surface area (Å²) in [5, 5.41) is 0. The van der Waals surface area contributed by atoms with Crippen LogP contribution < -0.4 is 4.72 Å². The van der Waals surface area contributed by atoms with Crippen molar-refractivity contribution >= 4 is 27.4 Å². The molecular formula is C11H14ClNO3S. The molecule has 1 aromatic carbocycles. The third-order valence-corrected chi connectivity index (χ3v) is 4.10. The maximum absolute atomic E-state index is 11.9. The Balaban J connectivity index is 2.89. The number of ketones is 1. The summed E-state index contributed by atoms with van der Waals surface area (Å²) >= 11 is 5.36. The fourth-order valence-electron chi connectivity index (χ4n) is 1.20. The van der Waals surface area contributed by atoms with E-state index in [1.54, 1.807) is 12.1 Å². The smallest absolute Gasteiger partial charge is 0.241 e. The zero-order valence-corrected chi connectivity index (χ0v) is 11.2. The van der Waals surface area contributed by atoms with Crippen LogP contribution in [-0.2, 0) is 14.8 Å². The number of rotatable bonds is 5. The lowest BCUT2D eigenvalue weighted by Gasteiger charge is -2.12. The van der Waals surface area contributed by atoms with E-state index < -0.39 is 16.1 Å². The first-order valence-corrected chi connectivity index (χ1v) is 7.06. The molecule has 0 aliphatic carbocycles. The predicted molar refractivity (Wildman–Crippen MR) is 66.7 cm³/mol. The molecule has 1 N–H and O–H groups in total. The van der Waals surface area contributed by atoms with Crippen LogP contribution in [0.2, 0.25) is 0 Å². The number of hydrogen-bond acceptors (Lipinski definition) is 3. The molecule has 17 heavy (non-hydrogen) atoms. The highest BCUT2D eigenvalue weighted by Crippen LogP contribution is 2.10. The summed E-state index contributed by atoms with van der Waals surface area (Å²) in [4.78, 5) is 11.4. The van der Waals surface area contributed by atoms with Crippen LogP contribution in [0.4, 0.5) is 0 Å². The molecule has 0 spiro atoms. The first-order chi connectivity index (χ1) is 7.86. The quantitative estimate of drug-likeness (QED) is 0.828. The zero-order valence-electron chi connectivity index (χ0n) is 9.60. The van der Waals surface area contributed by atoms with Crippen molar-refractivity contribution in [2.75, 3.05) is 5.88 Å². The van der Waals surface area contributed by atoms with Crippen LogP contribution >= 0.6 is 11.6 Å². The van der Waals surface area contributed by atoms with E-state index in [0.717, 1.165) is 5.56 Å². The molecule has 0 heterocycles. The topological polar surface area (TPSA) is 63.2 Å². The van der Waals surface area contributed by atoms with E-state index in [1.807, 2.05) is 6.92 Å². The van der Waals surface area contributed by atoms with Crippen LogP contribution in [0, 0.1) is 6.92 Å². The Bertz CT molecular complexity index is 496. The van der Waals surface area contributed by atoms with Gasteiger partial charge in [0.2, 0.25) is 10.0 Å². The highest BCUT2D eigenvalue weighted by molar-refractivity contribution is 7.89. The van der Waals surface area contributed by atoms with Crippen molar-refractivity contribution < 1.29 is 13.2 Å². The summed E-state index contributed by atoms with van der Waals surface area (Å²) in [7, 11) is -3.66. The number of alkyl halides is 1. The maximum atomic E-state index is 11.9. The van der Waals surface area contributed by atoms with Gasteiger partial charge in [-0.2, -0.15) is 0 Å². The zero-order chi connectivity index (χ0) is 13.1. The molecule has 0 aliphatic rings. The molecule has 1 atom stereocenters. The monoisotopic (exact) mass is 275 g/mol. The molecule has 0 bridgehead atoms. The van der Waals surface area contributed by atoms with Gasteiger partial charge in [-0.05, 0) is 26.0 Å². The summed E-state index contributed by atoms with van der Waals surface area (Å²) in [5.41, 5.74) is 0.967. The summed E-state index contributed by atoms with van der Waals surface area (Å²) in [6.45, 7) is 3.33. The first-order valence-electron chi connectivity index (χ1n) is 5.04. The average Bonchev–Trinajstić information content (AvgIpc) is 2.27. The molecule has 0 unspecified atom stereocenters. The number of Topliss-reactive ketones (excluding diaryl/α,β-unsaturated/α-hetero) is 1. The molecule has 0 aromatic heterocycles. The van der Waals surface area contributed by atoms with Crippen LogP contribution in [0.5, 0.6) is 0 Å². The molecule has 0 fully saturated rings. The van der Waals surface area contributed by atoms with Gasteiger partial charge in [-0.3, -0.25) is 4.79 Å². The fourth-order valence-corrected chi connectivity index (χ4v) is 2.66. The molecule has 0 saturated heterocycles. The number of carbonyl (C=O) groups is 1. The van der Waals surface area contributed by atoms with E-state index in [-0.39, 0.29) is 16.6 Å². The van der Waals surface area contributed by atoms with Crippen LogP contribution in [0.15, 0.2) is 29.2 Å². The fraction of sp³-hybridized carbons (Fsp3) is 0.364. The van der Waals surface area contributed by atoms with E-state index in [2.05, 4.69) is 4.72 Å². The normalized spacial score (nSPS) is 13.4. The first kappa shape index (κ1) is 14.2. The van der Waals surface area contributed by atoms with Crippen LogP contribution in [0.3, 0.4) is 0 Å². The Morgan fingerprint density at radius 3 is 2.35 bits per heavy atom. The van der Waals surface area contributed by atoms with Gasteiger partial charge in [0.1, 0.15) is 0 Å². The second-order valence-corrected chi connectivity index (χ2v) is 5.74. The van der Waals surface area contributed by atoms with Crippen molar-refractivity contribution in [3.8, 4) is 0 Å². The number of sulfonamides is 1. The molecule has 4 nitrogen and oxygen atoms in total. The van der Waals surface area contributed by atoms with Gasteiger partial charge in [0.25, 0.3) is 0 Å². The van der Waals surface area contributed by atoms with Crippen molar-refractivity contribution in [3.05, 3.63) is 29.8 Å². The summed E-state index contributed by atoms with van der Waals surface area (Å²) < 4.78 is 26.0. The molecule has 94 valence electrons. The van der Waals surface area contributed by atoms with E-state index in [9.17, 15) is 13.2 Å². The second kappa shape index (κ2) is 5.62. The molecular weight excluding hydrogens is 262 g/mol. The lowest BCUT2D eigenvalue weighted by Crippen LogP contribution is -2.39. The van der Waals surface area contributed by atoms with Crippen LogP contribution in [0.1, 0.15) is 12.5 Å². The molecule has 0 radical (unpaired) electrons. The van der Waals surface area contributed by atoms with Crippen molar-refractivity contribution in [2.45, 2.75) is 24.8 Å². The maximum Gasteiger partial charge on any atom is 0.241 e. The van der Waals surface area contributed by atoms with Gasteiger partial charge in [0.05, 0.1) is 16.8 Å². The number of aryl methyl sites for hydroxylation is 1. The average molecular weight is 276 g/mol. The van der Waals surface area contributed by atoms with Crippen molar-refractivity contribution in [3.63, 3.8) is 0 Å². The summed E-state index contributed by atoms with van der Waals surface area (Å²) in [6, 6.07) is 5.56. The molecule has 0 saturated carbocycles. The Kier molecular flexibility index (Phi) is 4.68. The summed E-state index contributed by atoms with van der Waals surface area (Å²) in [6.07, 6.45) is 0. The van der Waals surface area contributed by atoms with Gasteiger partial charge in [-0.25, -0.2) is 13.1 Å². The number of carbonyl (C=O) groups excluding carboxylic acids is 1. The number of hydrogen-bond donors (Lipinski definition) is 1. The van der Waals surface area contributed by atoms with Crippen molar-refractivity contribution in [1.82, 2.24) is 4.72 Å². The van der Waals surface area contributed by atoms with Gasteiger partial charge >= 0.3 is 0 Å². The number of benzene rings is 1. The van der Waals surface area contributed by atoms with Gasteiger partial charge in [0, 0.05) is 0 Å². The van der Waals surface area contributed by atoms with Gasteiger partial charge in [-0.15, -0.1) is 11.6 Å². The molecule has 1 rings (SSSR count). The minimum absolute atomic E-state index is 0.136. The van der Waals surface area contributed by atoms with Crippen molar-refractivity contribution in [1.29, 1.82) is 0 Å². The van der Waals surface area contributed by atoms with Crippen LogP contribution in [-0.4, -0.2) is 26.1 Å². The van der Waals surface area contributed by atoms with E-state index in [0.29, 0.717) is 0 Å². The van der Waals surface area contributed by atoms with Gasteiger partial charge < -0.3 is 0 Å². The minimum Gasteiger partial charge on any atom is -0.297 e. The minimum atomic E-state index is -3.66. The Morgan fingerprint density at radius 2 is 1.88 bits per heavy atom. The van der Waals surface area contributed by atoms with E-state index in [4.69, 9.17) is 11.6 Å². The van der Waals surface area contributed by atoms with E-state index in [1.165, 1.54) is 19.1 Å². The highest BCUT2D eigenvalue weighted by atomic mass is 35.5. The predicted octanol–water partition coefficient (Wildman–Crippen LogP) is 1.47. The lowest BCUT2D eigenvalue weighted by atomic mass is 10.2. The van der Waals surface area contributed by atoms with Gasteiger partial charge in [-0.1, -0.05) is 17.7 Å². The van der Waals surface area contributed by atoms with E-state index >= 15 is 0 Å². The Hall–Kier alpha value is -0.910. The Labute approximate surface area is 106 Å². The number of nitrogens with one attached hydrogen (secondary N) is 1. The largest absolute Gasteiger partial charge is 0.297 e. The van der Waals surface area contributed by atoms with Gasteiger partial charge in [0.15, 0.2) is 5.78 Å². The van der Waals surface area contributed by atoms with Crippen molar-refractivity contribution in [2.24, 2.45) is 0 Å². The molecule has 6 heteroatoms. The second-order valence-electron chi connectivity index (χ2n) is 3.76.